The summed E-state index contributed by atoms with van der Waals surface area (Å²) >= 11 is 0. The lowest BCUT2D eigenvalue weighted by molar-refractivity contribution is -0.137. The van der Waals surface area contributed by atoms with Crippen LogP contribution in [0.3, 0.4) is 0 Å². The Morgan fingerprint density at radius 2 is 2.05 bits per heavy atom. The van der Waals surface area contributed by atoms with Gasteiger partial charge in [-0.25, -0.2) is 4.68 Å². The number of nitrogens with zero attached hydrogens (tertiary/aromatic N) is 2. The number of aryl methyl sites for hydroxylation is 1. The summed E-state index contributed by atoms with van der Waals surface area (Å²) in [5.41, 5.74) is 1.99. The Balaban J connectivity index is 2.32. The lowest BCUT2D eigenvalue weighted by Gasteiger charge is -2.08. The summed E-state index contributed by atoms with van der Waals surface area (Å²) in [6.45, 7) is 2.64. The van der Waals surface area contributed by atoms with Gasteiger partial charge in [-0.1, -0.05) is 6.07 Å². The summed E-state index contributed by atoms with van der Waals surface area (Å²) in [5, 5.41) is 6.79. The van der Waals surface area contributed by atoms with E-state index in [1.165, 1.54) is 4.68 Å². The van der Waals surface area contributed by atoms with Gasteiger partial charge < -0.3 is 5.32 Å². The molecule has 0 bridgehead atoms. The van der Waals surface area contributed by atoms with Gasteiger partial charge in [0.15, 0.2) is 0 Å². The number of alkyl halides is 3. The highest BCUT2D eigenvalue weighted by atomic mass is 19.4. The topological polar surface area (TPSA) is 29.9 Å². The van der Waals surface area contributed by atoms with Crippen LogP contribution in [0.15, 0.2) is 30.6 Å². The van der Waals surface area contributed by atoms with Gasteiger partial charge in [0.1, 0.15) is 0 Å². The van der Waals surface area contributed by atoms with E-state index in [0.717, 1.165) is 30.1 Å². The van der Waals surface area contributed by atoms with Gasteiger partial charge in [0.25, 0.3) is 0 Å². The fourth-order valence-corrected chi connectivity index (χ4v) is 1.82. The van der Waals surface area contributed by atoms with E-state index in [4.69, 9.17) is 0 Å². The first-order valence-corrected chi connectivity index (χ1v) is 5.78. The van der Waals surface area contributed by atoms with Crippen LogP contribution in [-0.4, -0.2) is 16.8 Å². The highest BCUT2D eigenvalue weighted by Gasteiger charge is 2.32. The molecule has 0 aliphatic heterocycles. The molecule has 19 heavy (non-hydrogen) atoms. The average Bonchev–Trinajstić information content (AvgIpc) is 2.81. The molecular weight excluding hydrogens is 255 g/mol. The van der Waals surface area contributed by atoms with E-state index in [-0.39, 0.29) is 0 Å². The SMILES string of the molecule is CNCc1ccc(-n2cc(C(F)(F)F)cn2)cc1C. The summed E-state index contributed by atoms with van der Waals surface area (Å²) in [5.74, 6) is 0. The smallest absolute Gasteiger partial charge is 0.316 e. The predicted octanol–water partition coefficient (Wildman–Crippen LogP) is 2.92. The third kappa shape index (κ3) is 2.96. The van der Waals surface area contributed by atoms with E-state index in [1.807, 2.05) is 26.1 Å². The lowest BCUT2D eigenvalue weighted by Crippen LogP contribution is -2.07. The number of hydrogen-bond acceptors (Lipinski definition) is 2. The first kappa shape index (κ1) is 13.6. The molecule has 1 aromatic carbocycles. The molecular formula is C13H14F3N3. The average molecular weight is 269 g/mol. The van der Waals surface area contributed by atoms with Gasteiger partial charge in [0.2, 0.25) is 0 Å². The van der Waals surface area contributed by atoms with Crippen molar-refractivity contribution in [1.82, 2.24) is 15.1 Å². The van der Waals surface area contributed by atoms with Gasteiger partial charge in [0, 0.05) is 12.7 Å². The molecule has 0 saturated carbocycles. The van der Waals surface area contributed by atoms with Gasteiger partial charge in [-0.05, 0) is 37.2 Å². The van der Waals surface area contributed by atoms with Gasteiger partial charge in [-0.3, -0.25) is 0 Å². The number of benzene rings is 1. The van der Waals surface area contributed by atoms with Gasteiger partial charge in [0.05, 0.1) is 17.4 Å². The van der Waals surface area contributed by atoms with Crippen LogP contribution in [0, 0.1) is 6.92 Å². The van der Waals surface area contributed by atoms with Crippen LogP contribution in [0.2, 0.25) is 0 Å². The van der Waals surface area contributed by atoms with E-state index >= 15 is 0 Å². The minimum atomic E-state index is -4.36. The Morgan fingerprint density at radius 3 is 2.58 bits per heavy atom. The molecule has 1 aromatic heterocycles. The molecule has 0 atom stereocenters. The summed E-state index contributed by atoms with van der Waals surface area (Å²) in [6, 6.07) is 5.46. The van der Waals surface area contributed by atoms with Crippen LogP contribution in [-0.2, 0) is 12.7 Å². The fraction of sp³-hybridized carbons (Fsp3) is 0.308. The molecule has 1 heterocycles. The highest BCUT2D eigenvalue weighted by molar-refractivity contribution is 5.40. The Labute approximate surface area is 109 Å². The third-order valence-electron chi connectivity index (χ3n) is 2.87. The molecule has 0 fully saturated rings. The van der Waals surface area contributed by atoms with Crippen LogP contribution >= 0.6 is 0 Å². The molecule has 0 amide bonds. The van der Waals surface area contributed by atoms with Crippen molar-refractivity contribution in [3.05, 3.63) is 47.3 Å². The first-order chi connectivity index (χ1) is 8.91. The normalized spacial score (nSPS) is 11.8. The summed E-state index contributed by atoms with van der Waals surface area (Å²) in [7, 11) is 1.84. The van der Waals surface area contributed by atoms with Crippen molar-refractivity contribution in [2.24, 2.45) is 0 Å². The predicted molar refractivity (Wildman–Crippen MR) is 66.1 cm³/mol. The Morgan fingerprint density at radius 1 is 1.32 bits per heavy atom. The molecule has 6 heteroatoms. The van der Waals surface area contributed by atoms with E-state index in [0.29, 0.717) is 5.69 Å². The van der Waals surface area contributed by atoms with Crippen LogP contribution in [0.4, 0.5) is 13.2 Å². The van der Waals surface area contributed by atoms with Crippen molar-refractivity contribution in [3.63, 3.8) is 0 Å². The molecule has 0 aliphatic carbocycles. The molecule has 2 rings (SSSR count). The van der Waals surface area contributed by atoms with E-state index in [2.05, 4.69) is 10.4 Å². The molecule has 3 nitrogen and oxygen atoms in total. The largest absolute Gasteiger partial charge is 0.419 e. The maximum absolute atomic E-state index is 12.5. The van der Waals surface area contributed by atoms with Gasteiger partial charge >= 0.3 is 6.18 Å². The number of halogens is 3. The van der Waals surface area contributed by atoms with Crippen molar-refractivity contribution < 1.29 is 13.2 Å². The lowest BCUT2D eigenvalue weighted by atomic mass is 10.1. The van der Waals surface area contributed by atoms with Crippen molar-refractivity contribution in [2.75, 3.05) is 7.05 Å². The molecule has 0 unspecified atom stereocenters. The number of nitrogens with one attached hydrogen (secondary N) is 1. The Kier molecular flexibility index (Phi) is 3.61. The van der Waals surface area contributed by atoms with Gasteiger partial charge in [-0.15, -0.1) is 0 Å². The second-order valence-electron chi connectivity index (χ2n) is 4.31. The zero-order valence-corrected chi connectivity index (χ0v) is 10.6. The molecule has 0 spiro atoms. The molecule has 2 aromatic rings. The summed E-state index contributed by atoms with van der Waals surface area (Å²) < 4.78 is 38.7. The monoisotopic (exact) mass is 269 g/mol. The van der Waals surface area contributed by atoms with Crippen LogP contribution < -0.4 is 5.32 Å². The van der Waals surface area contributed by atoms with Crippen molar-refractivity contribution in [3.8, 4) is 5.69 Å². The quantitative estimate of drug-likeness (QED) is 0.928. The minimum absolute atomic E-state index is 0.618. The van der Waals surface area contributed by atoms with Gasteiger partial charge in [-0.2, -0.15) is 18.3 Å². The molecule has 0 radical (unpaired) electrons. The third-order valence-corrected chi connectivity index (χ3v) is 2.87. The molecule has 0 aliphatic rings. The summed E-state index contributed by atoms with van der Waals surface area (Å²) in [6.07, 6.45) is -2.54. The van der Waals surface area contributed by atoms with Crippen LogP contribution in [0.1, 0.15) is 16.7 Å². The maximum atomic E-state index is 12.5. The second kappa shape index (κ2) is 5.05. The standard InChI is InChI=1S/C13H14F3N3/c1-9-5-12(4-3-10(9)6-17-2)19-8-11(7-18-19)13(14,15)16/h3-5,7-8,17H,6H2,1-2H3. The zero-order chi connectivity index (χ0) is 14.0. The van der Waals surface area contributed by atoms with E-state index in [9.17, 15) is 13.2 Å². The molecule has 0 saturated heterocycles. The highest BCUT2D eigenvalue weighted by Crippen LogP contribution is 2.29. The maximum Gasteiger partial charge on any atom is 0.419 e. The minimum Gasteiger partial charge on any atom is -0.316 e. The number of rotatable bonds is 3. The van der Waals surface area contributed by atoms with E-state index < -0.39 is 11.7 Å². The first-order valence-electron chi connectivity index (χ1n) is 5.78. The van der Waals surface area contributed by atoms with Crippen LogP contribution in [0.5, 0.6) is 0 Å². The fourth-order valence-electron chi connectivity index (χ4n) is 1.82. The Hall–Kier alpha value is -1.82. The van der Waals surface area contributed by atoms with Crippen molar-refractivity contribution in [1.29, 1.82) is 0 Å². The molecule has 1 N–H and O–H groups in total. The Bertz CT molecular complexity index is 573. The second-order valence-corrected chi connectivity index (χ2v) is 4.31. The van der Waals surface area contributed by atoms with Crippen molar-refractivity contribution in [2.45, 2.75) is 19.6 Å². The number of aromatic nitrogens is 2. The van der Waals surface area contributed by atoms with Crippen molar-refractivity contribution >= 4 is 0 Å². The summed E-state index contributed by atoms with van der Waals surface area (Å²) in [4.78, 5) is 0. The number of hydrogen-bond donors (Lipinski definition) is 1. The van der Waals surface area contributed by atoms with Crippen LogP contribution in [0.25, 0.3) is 5.69 Å². The van der Waals surface area contributed by atoms with E-state index in [1.54, 1.807) is 6.07 Å². The molecule has 102 valence electrons. The zero-order valence-electron chi connectivity index (χ0n) is 10.6.